The minimum Gasteiger partial charge on any atom is -0.481 e. The maximum Gasteiger partial charge on any atom is 0.138 e. The van der Waals surface area contributed by atoms with E-state index in [0.717, 1.165) is 17.3 Å². The Morgan fingerprint density at radius 2 is 2.45 bits per heavy atom. The highest BCUT2D eigenvalue weighted by Gasteiger charge is 2.11. The van der Waals surface area contributed by atoms with Crippen LogP contribution in [0, 0.1) is 0 Å². The quantitative estimate of drug-likeness (QED) is 0.624. The van der Waals surface area contributed by atoms with Crippen LogP contribution in [0.5, 0.6) is 5.75 Å². The highest BCUT2D eigenvalue weighted by molar-refractivity contribution is 7.99. The fourth-order valence-corrected chi connectivity index (χ4v) is 2.01. The zero-order chi connectivity index (χ0) is 7.68. The van der Waals surface area contributed by atoms with Crippen LogP contribution in [0.15, 0.2) is 23.1 Å². The summed E-state index contributed by atoms with van der Waals surface area (Å²) in [5.41, 5.74) is 1.16. The molecule has 0 N–H and O–H groups in total. The second kappa shape index (κ2) is 2.95. The zero-order valence-electron chi connectivity index (χ0n) is 5.84. The van der Waals surface area contributed by atoms with E-state index in [9.17, 15) is 0 Å². The summed E-state index contributed by atoms with van der Waals surface area (Å²) in [6.07, 6.45) is 0. The average molecular weight is 187 g/mol. The molecule has 1 aromatic rings. The smallest absolute Gasteiger partial charge is 0.138 e. The van der Waals surface area contributed by atoms with Gasteiger partial charge in [0.15, 0.2) is 0 Å². The van der Waals surface area contributed by atoms with Gasteiger partial charge in [0.25, 0.3) is 0 Å². The lowest BCUT2D eigenvalue weighted by Gasteiger charge is -1.98. The molecule has 0 aromatic heterocycles. The molecule has 0 amide bonds. The third-order valence-corrected chi connectivity index (χ3v) is 2.77. The van der Waals surface area contributed by atoms with Crippen LogP contribution in [0.25, 0.3) is 0 Å². The molecule has 2 rings (SSSR count). The molecule has 0 saturated carbocycles. The molecule has 0 bridgehead atoms. The van der Waals surface area contributed by atoms with Gasteiger partial charge in [-0.05, 0) is 17.7 Å². The Morgan fingerprint density at radius 3 is 3.27 bits per heavy atom. The van der Waals surface area contributed by atoms with Crippen LogP contribution in [-0.4, -0.2) is 5.94 Å². The van der Waals surface area contributed by atoms with Gasteiger partial charge in [-0.25, -0.2) is 0 Å². The highest BCUT2D eigenvalue weighted by Crippen LogP contribution is 2.36. The molecule has 0 spiro atoms. The van der Waals surface area contributed by atoms with Crippen molar-refractivity contribution < 1.29 is 4.74 Å². The number of rotatable bonds is 1. The maximum atomic E-state index is 5.68. The Labute approximate surface area is 74.7 Å². The summed E-state index contributed by atoms with van der Waals surface area (Å²) in [5, 5.41) is 0. The lowest BCUT2D eigenvalue weighted by Crippen LogP contribution is -1.82. The molecule has 11 heavy (non-hydrogen) atoms. The standard InChI is InChI=1S/C8H7ClOS/c9-4-6-1-2-7-8(3-6)11-5-10-7/h1-3H,4-5H2. The predicted molar refractivity (Wildman–Crippen MR) is 47.4 cm³/mol. The number of fused-ring (bicyclic) bond motifs is 1. The van der Waals surface area contributed by atoms with E-state index in [1.807, 2.05) is 12.1 Å². The van der Waals surface area contributed by atoms with Crippen LogP contribution < -0.4 is 4.74 Å². The SMILES string of the molecule is ClCc1ccc2c(c1)SCO2. The second-order valence-corrected chi connectivity index (χ2v) is 3.55. The molecule has 3 heteroatoms. The first-order chi connectivity index (χ1) is 5.40. The Kier molecular flexibility index (Phi) is 1.96. The fraction of sp³-hybridized carbons (Fsp3) is 0.250. The maximum absolute atomic E-state index is 5.68. The first-order valence-electron chi connectivity index (χ1n) is 3.34. The molecule has 0 saturated heterocycles. The van der Waals surface area contributed by atoms with Crippen LogP contribution >= 0.6 is 23.4 Å². The van der Waals surface area contributed by atoms with E-state index >= 15 is 0 Å². The topological polar surface area (TPSA) is 9.23 Å². The first kappa shape index (κ1) is 7.32. The third-order valence-electron chi connectivity index (χ3n) is 1.59. The van der Waals surface area contributed by atoms with Crippen molar-refractivity contribution in [1.82, 2.24) is 0 Å². The van der Waals surface area contributed by atoms with Gasteiger partial charge in [-0.3, -0.25) is 0 Å². The Hall–Kier alpha value is -0.340. The Bertz CT molecular complexity index is 275. The van der Waals surface area contributed by atoms with Crippen molar-refractivity contribution in [2.45, 2.75) is 10.8 Å². The molecule has 0 unspecified atom stereocenters. The van der Waals surface area contributed by atoms with E-state index in [1.165, 1.54) is 4.90 Å². The number of hydrogen-bond acceptors (Lipinski definition) is 2. The van der Waals surface area contributed by atoms with Gasteiger partial charge in [-0.1, -0.05) is 17.8 Å². The van der Waals surface area contributed by atoms with Crippen LogP contribution in [-0.2, 0) is 5.88 Å². The van der Waals surface area contributed by atoms with E-state index in [-0.39, 0.29) is 0 Å². The van der Waals surface area contributed by atoms with Gasteiger partial charge in [-0.15, -0.1) is 11.6 Å². The van der Waals surface area contributed by atoms with Crippen LogP contribution in [0.3, 0.4) is 0 Å². The first-order valence-corrected chi connectivity index (χ1v) is 4.86. The minimum atomic E-state index is 0.577. The number of halogens is 1. The molecule has 58 valence electrons. The molecule has 0 fully saturated rings. The van der Waals surface area contributed by atoms with E-state index < -0.39 is 0 Å². The van der Waals surface area contributed by atoms with E-state index in [2.05, 4.69) is 6.07 Å². The second-order valence-electron chi connectivity index (χ2n) is 2.32. The molecular formula is C8H7ClOS. The third kappa shape index (κ3) is 1.33. The number of hydrogen-bond donors (Lipinski definition) is 0. The summed E-state index contributed by atoms with van der Waals surface area (Å²) in [4.78, 5) is 1.21. The molecule has 1 aliphatic heterocycles. The molecule has 1 heterocycles. The van der Waals surface area contributed by atoms with Crippen molar-refractivity contribution >= 4 is 23.4 Å². The van der Waals surface area contributed by atoms with Gasteiger partial charge >= 0.3 is 0 Å². The van der Waals surface area contributed by atoms with Gasteiger partial charge in [-0.2, -0.15) is 0 Å². The summed E-state index contributed by atoms with van der Waals surface area (Å²) in [5.74, 6) is 2.30. The van der Waals surface area contributed by atoms with Gasteiger partial charge in [0.1, 0.15) is 11.7 Å². The largest absolute Gasteiger partial charge is 0.481 e. The molecule has 0 aliphatic carbocycles. The Morgan fingerprint density at radius 1 is 1.55 bits per heavy atom. The highest BCUT2D eigenvalue weighted by atomic mass is 35.5. The fourth-order valence-electron chi connectivity index (χ4n) is 1.02. The predicted octanol–water partition coefficient (Wildman–Crippen LogP) is 2.87. The van der Waals surface area contributed by atoms with Crippen molar-refractivity contribution in [2.24, 2.45) is 0 Å². The molecule has 0 radical (unpaired) electrons. The monoisotopic (exact) mass is 186 g/mol. The summed E-state index contributed by atoms with van der Waals surface area (Å²) >= 11 is 7.40. The summed E-state index contributed by atoms with van der Waals surface area (Å²) in [6, 6.07) is 6.06. The Balaban J connectivity index is 2.41. The van der Waals surface area contributed by atoms with Crippen LogP contribution in [0.4, 0.5) is 0 Å². The summed E-state index contributed by atoms with van der Waals surface area (Å²) < 4.78 is 5.32. The van der Waals surface area contributed by atoms with E-state index in [0.29, 0.717) is 5.88 Å². The van der Waals surface area contributed by atoms with Gasteiger partial charge in [0, 0.05) is 5.88 Å². The van der Waals surface area contributed by atoms with E-state index in [4.69, 9.17) is 16.3 Å². The van der Waals surface area contributed by atoms with Crippen molar-refractivity contribution in [3.63, 3.8) is 0 Å². The summed E-state index contributed by atoms with van der Waals surface area (Å²) in [7, 11) is 0. The van der Waals surface area contributed by atoms with Crippen LogP contribution in [0.1, 0.15) is 5.56 Å². The number of ether oxygens (including phenoxy) is 1. The van der Waals surface area contributed by atoms with Crippen molar-refractivity contribution in [3.8, 4) is 5.75 Å². The lowest BCUT2D eigenvalue weighted by molar-refractivity contribution is 0.397. The molecule has 1 nitrogen and oxygen atoms in total. The van der Waals surface area contributed by atoms with Crippen molar-refractivity contribution in [3.05, 3.63) is 23.8 Å². The number of alkyl halides is 1. The average Bonchev–Trinajstić information content (AvgIpc) is 2.50. The van der Waals surface area contributed by atoms with Crippen LogP contribution in [0.2, 0.25) is 0 Å². The van der Waals surface area contributed by atoms with Gasteiger partial charge in [0.2, 0.25) is 0 Å². The van der Waals surface area contributed by atoms with Crippen molar-refractivity contribution in [1.29, 1.82) is 0 Å². The molecule has 1 aromatic carbocycles. The van der Waals surface area contributed by atoms with Crippen molar-refractivity contribution in [2.75, 3.05) is 5.94 Å². The number of benzene rings is 1. The molecule has 0 atom stereocenters. The van der Waals surface area contributed by atoms with E-state index in [1.54, 1.807) is 11.8 Å². The normalized spacial score (nSPS) is 14.3. The van der Waals surface area contributed by atoms with Gasteiger partial charge < -0.3 is 4.74 Å². The molecule has 1 aliphatic rings. The lowest BCUT2D eigenvalue weighted by atomic mass is 10.2. The summed E-state index contributed by atoms with van der Waals surface area (Å²) in [6.45, 7) is 0. The minimum absolute atomic E-state index is 0.577. The molecular weight excluding hydrogens is 180 g/mol. The van der Waals surface area contributed by atoms with Gasteiger partial charge in [0.05, 0.1) is 4.90 Å². The zero-order valence-corrected chi connectivity index (χ0v) is 7.41. The number of thioether (sulfide) groups is 1.